The summed E-state index contributed by atoms with van der Waals surface area (Å²) in [5.74, 6) is -1.77. The Bertz CT molecular complexity index is 1160. The Labute approximate surface area is 185 Å². The molecule has 3 aromatic carbocycles. The van der Waals surface area contributed by atoms with Crippen LogP contribution in [0.3, 0.4) is 0 Å². The fourth-order valence-corrected chi connectivity index (χ4v) is 3.62. The minimum absolute atomic E-state index is 0.284. The number of rotatable bonds is 5. The van der Waals surface area contributed by atoms with Crippen LogP contribution in [0.25, 0.3) is 0 Å². The number of aryl methyl sites for hydroxylation is 1. The number of hydrogen-bond acceptors (Lipinski definition) is 3. The second-order valence-electron chi connectivity index (χ2n) is 7.63. The molecule has 7 heteroatoms. The van der Waals surface area contributed by atoms with Crippen LogP contribution in [0.1, 0.15) is 21.5 Å². The number of carbonyl (C=O) groups excluding carboxylic acids is 3. The van der Waals surface area contributed by atoms with E-state index in [2.05, 4.69) is 5.32 Å². The normalized spacial score (nSPS) is 13.9. The van der Waals surface area contributed by atoms with E-state index in [9.17, 15) is 18.8 Å². The molecule has 0 bridgehead atoms. The van der Waals surface area contributed by atoms with Gasteiger partial charge in [0.05, 0.1) is 0 Å². The first-order chi connectivity index (χ1) is 15.4. The number of benzene rings is 3. The van der Waals surface area contributed by atoms with Crippen LogP contribution in [0, 0.1) is 12.7 Å². The lowest BCUT2D eigenvalue weighted by molar-refractivity contribution is -0.146. The molecule has 0 spiro atoms. The van der Waals surface area contributed by atoms with E-state index >= 15 is 0 Å². The zero-order chi connectivity index (χ0) is 22.7. The van der Waals surface area contributed by atoms with Crippen molar-refractivity contribution in [2.45, 2.75) is 13.5 Å². The van der Waals surface area contributed by atoms with E-state index in [1.807, 2.05) is 18.2 Å². The summed E-state index contributed by atoms with van der Waals surface area (Å²) in [6.45, 7) is 2.85. The van der Waals surface area contributed by atoms with Gasteiger partial charge in [0, 0.05) is 36.6 Å². The van der Waals surface area contributed by atoms with Crippen LogP contribution in [0.5, 0.6) is 0 Å². The summed E-state index contributed by atoms with van der Waals surface area (Å²) < 4.78 is 13.2. The van der Waals surface area contributed by atoms with Crippen LogP contribution in [0.4, 0.5) is 15.8 Å². The van der Waals surface area contributed by atoms with E-state index in [0.29, 0.717) is 35.6 Å². The molecule has 1 aliphatic heterocycles. The quantitative estimate of drug-likeness (QED) is 0.626. The number of para-hydroxylation sites is 1. The van der Waals surface area contributed by atoms with Crippen molar-refractivity contribution in [2.75, 3.05) is 23.3 Å². The highest BCUT2D eigenvalue weighted by Crippen LogP contribution is 2.20. The SMILES string of the molecule is Cc1cc(F)ccc1NC(=O)c1ccc(CN2CCN(c3ccccc3)C(=O)C2=O)cc1. The highest BCUT2D eigenvalue weighted by Gasteiger charge is 2.33. The first-order valence-corrected chi connectivity index (χ1v) is 10.2. The van der Waals surface area contributed by atoms with Gasteiger partial charge in [-0.2, -0.15) is 0 Å². The number of nitrogens with zero attached hydrogens (tertiary/aromatic N) is 2. The number of carbonyl (C=O) groups is 3. The molecule has 3 aromatic rings. The lowest BCUT2D eigenvalue weighted by Gasteiger charge is -2.33. The van der Waals surface area contributed by atoms with Crippen LogP contribution in [-0.2, 0) is 16.1 Å². The van der Waals surface area contributed by atoms with Crippen LogP contribution in [0.2, 0.25) is 0 Å². The Hall–Kier alpha value is -4.00. The summed E-state index contributed by atoms with van der Waals surface area (Å²) in [7, 11) is 0. The predicted molar refractivity (Wildman–Crippen MR) is 120 cm³/mol. The monoisotopic (exact) mass is 431 g/mol. The van der Waals surface area contributed by atoms with E-state index in [1.54, 1.807) is 43.3 Å². The van der Waals surface area contributed by atoms with Crippen molar-refractivity contribution in [1.82, 2.24) is 4.90 Å². The van der Waals surface area contributed by atoms with Gasteiger partial charge >= 0.3 is 11.8 Å². The number of nitrogens with one attached hydrogen (secondary N) is 1. The van der Waals surface area contributed by atoms with E-state index in [1.165, 1.54) is 28.0 Å². The molecule has 0 saturated carbocycles. The standard InChI is InChI=1S/C25H22FN3O3/c1-17-15-20(26)11-12-22(17)27-23(30)19-9-7-18(8-10-19)16-28-13-14-29(25(32)24(28)31)21-5-3-2-4-6-21/h2-12,15H,13-14,16H2,1H3,(H,27,30). The highest BCUT2D eigenvalue weighted by atomic mass is 19.1. The average molecular weight is 431 g/mol. The second-order valence-corrected chi connectivity index (χ2v) is 7.63. The van der Waals surface area contributed by atoms with E-state index in [4.69, 9.17) is 0 Å². The molecule has 1 aliphatic rings. The Morgan fingerprint density at radius 2 is 1.66 bits per heavy atom. The number of hydrogen-bond donors (Lipinski definition) is 1. The third kappa shape index (κ3) is 4.51. The Morgan fingerprint density at radius 3 is 2.34 bits per heavy atom. The highest BCUT2D eigenvalue weighted by molar-refractivity contribution is 6.40. The number of anilines is 2. The van der Waals surface area contributed by atoms with E-state index in [-0.39, 0.29) is 18.3 Å². The molecule has 0 unspecified atom stereocenters. The molecule has 1 N–H and O–H groups in total. The van der Waals surface area contributed by atoms with E-state index in [0.717, 1.165) is 5.56 Å². The largest absolute Gasteiger partial charge is 0.328 e. The molecule has 3 amide bonds. The maximum absolute atomic E-state index is 13.2. The van der Waals surface area contributed by atoms with Crippen LogP contribution in [0.15, 0.2) is 72.8 Å². The second kappa shape index (κ2) is 9.01. The summed E-state index contributed by atoms with van der Waals surface area (Å²) in [5.41, 5.74) is 3.13. The lowest BCUT2D eigenvalue weighted by atomic mass is 10.1. The van der Waals surface area contributed by atoms with Gasteiger partial charge in [0.2, 0.25) is 0 Å². The third-order valence-corrected chi connectivity index (χ3v) is 5.40. The van der Waals surface area contributed by atoms with Crippen molar-refractivity contribution in [1.29, 1.82) is 0 Å². The van der Waals surface area contributed by atoms with Crippen molar-refractivity contribution >= 4 is 29.1 Å². The van der Waals surface area contributed by atoms with Gasteiger partial charge in [0.1, 0.15) is 5.82 Å². The fourth-order valence-electron chi connectivity index (χ4n) is 3.62. The summed E-state index contributed by atoms with van der Waals surface area (Å²) in [6.07, 6.45) is 0. The molecule has 0 atom stereocenters. The molecule has 0 aliphatic carbocycles. The van der Waals surface area contributed by atoms with Crippen molar-refractivity contribution in [3.63, 3.8) is 0 Å². The van der Waals surface area contributed by atoms with Crippen molar-refractivity contribution < 1.29 is 18.8 Å². The summed E-state index contributed by atoms with van der Waals surface area (Å²) in [5, 5.41) is 2.77. The van der Waals surface area contributed by atoms with Gasteiger partial charge in [-0.15, -0.1) is 0 Å². The maximum atomic E-state index is 13.2. The van der Waals surface area contributed by atoms with Crippen molar-refractivity contribution in [3.05, 3.63) is 95.3 Å². The average Bonchev–Trinajstić information content (AvgIpc) is 2.80. The predicted octanol–water partition coefficient (Wildman–Crippen LogP) is 3.76. The van der Waals surface area contributed by atoms with Gasteiger partial charge in [-0.1, -0.05) is 30.3 Å². The molecular weight excluding hydrogens is 409 g/mol. The van der Waals surface area contributed by atoms with Gasteiger partial charge in [0.15, 0.2) is 0 Å². The molecule has 162 valence electrons. The zero-order valence-electron chi connectivity index (χ0n) is 17.5. The van der Waals surface area contributed by atoms with Gasteiger partial charge in [-0.25, -0.2) is 4.39 Å². The Morgan fingerprint density at radius 1 is 0.938 bits per heavy atom. The van der Waals surface area contributed by atoms with Crippen molar-refractivity contribution in [2.24, 2.45) is 0 Å². The number of halogens is 1. The fraction of sp³-hybridized carbons (Fsp3) is 0.160. The van der Waals surface area contributed by atoms with Crippen LogP contribution >= 0.6 is 0 Å². The van der Waals surface area contributed by atoms with Crippen LogP contribution in [-0.4, -0.2) is 35.7 Å². The summed E-state index contributed by atoms with van der Waals surface area (Å²) in [6, 6.07) is 20.1. The first kappa shape index (κ1) is 21.2. The number of amides is 3. The molecule has 32 heavy (non-hydrogen) atoms. The number of piperazine rings is 1. The Balaban J connectivity index is 1.39. The van der Waals surface area contributed by atoms with Crippen molar-refractivity contribution in [3.8, 4) is 0 Å². The lowest BCUT2D eigenvalue weighted by Crippen LogP contribution is -2.54. The van der Waals surface area contributed by atoms with Gasteiger partial charge in [0.25, 0.3) is 5.91 Å². The van der Waals surface area contributed by atoms with Gasteiger partial charge in [-0.05, 0) is 60.5 Å². The summed E-state index contributed by atoms with van der Waals surface area (Å²) >= 11 is 0. The molecule has 0 aromatic heterocycles. The minimum Gasteiger partial charge on any atom is -0.328 e. The van der Waals surface area contributed by atoms with Gasteiger partial charge < -0.3 is 15.1 Å². The molecule has 1 fully saturated rings. The molecule has 1 heterocycles. The Kier molecular flexibility index (Phi) is 5.98. The zero-order valence-corrected chi connectivity index (χ0v) is 17.5. The maximum Gasteiger partial charge on any atom is 0.316 e. The molecule has 4 rings (SSSR count). The molecule has 6 nitrogen and oxygen atoms in total. The molecule has 1 saturated heterocycles. The topological polar surface area (TPSA) is 69.7 Å². The third-order valence-electron chi connectivity index (χ3n) is 5.40. The minimum atomic E-state index is -0.548. The van der Waals surface area contributed by atoms with Gasteiger partial charge in [-0.3, -0.25) is 14.4 Å². The first-order valence-electron chi connectivity index (χ1n) is 10.2. The van der Waals surface area contributed by atoms with E-state index < -0.39 is 11.8 Å². The van der Waals surface area contributed by atoms with Crippen LogP contribution < -0.4 is 10.2 Å². The molecular formula is C25H22FN3O3. The molecule has 0 radical (unpaired) electrons. The summed E-state index contributed by atoms with van der Waals surface area (Å²) in [4.78, 5) is 40.6. The smallest absolute Gasteiger partial charge is 0.316 e.